The third-order valence-corrected chi connectivity index (χ3v) is 5.22. The second-order valence-electron chi connectivity index (χ2n) is 7.26. The van der Waals surface area contributed by atoms with E-state index < -0.39 is 16.9 Å². The molecule has 1 saturated carbocycles. The van der Waals surface area contributed by atoms with Crippen molar-refractivity contribution in [3.63, 3.8) is 0 Å². The van der Waals surface area contributed by atoms with E-state index in [0.29, 0.717) is 24.1 Å². The maximum atomic E-state index is 14.4. The molecule has 0 saturated heterocycles. The molecule has 6 nitrogen and oxygen atoms in total. The number of hydrogen-bond acceptors (Lipinski definition) is 3. The predicted molar refractivity (Wildman–Crippen MR) is 94.4 cm³/mol. The van der Waals surface area contributed by atoms with Crippen LogP contribution in [0.3, 0.4) is 0 Å². The van der Waals surface area contributed by atoms with Gasteiger partial charge in [0.2, 0.25) is 5.91 Å². The van der Waals surface area contributed by atoms with Gasteiger partial charge in [-0.2, -0.15) is 5.10 Å². The number of halogens is 1. The topological polar surface area (TPSA) is 84.2 Å². The maximum absolute atomic E-state index is 14.4. The van der Waals surface area contributed by atoms with Crippen LogP contribution in [-0.2, 0) is 20.5 Å². The molecular weight excluding hydrogens is 337 g/mol. The first-order valence-corrected chi connectivity index (χ1v) is 8.62. The molecule has 1 aliphatic rings. The van der Waals surface area contributed by atoms with Gasteiger partial charge in [0.1, 0.15) is 5.82 Å². The van der Waals surface area contributed by atoms with Crippen molar-refractivity contribution in [2.24, 2.45) is 0 Å². The summed E-state index contributed by atoms with van der Waals surface area (Å²) in [7, 11) is 0. The van der Waals surface area contributed by atoms with Crippen LogP contribution in [0.25, 0.3) is 0 Å². The molecular formula is C19H22FN3O3. The zero-order chi connectivity index (χ0) is 18.9. The Bertz CT molecular complexity index is 838. The van der Waals surface area contributed by atoms with E-state index >= 15 is 0 Å². The van der Waals surface area contributed by atoms with Crippen LogP contribution in [-0.4, -0.2) is 26.8 Å². The molecule has 0 bridgehead atoms. The molecule has 0 unspecified atom stereocenters. The lowest BCUT2D eigenvalue weighted by molar-refractivity contribution is -0.146. The molecule has 7 heteroatoms. The Morgan fingerprint density at radius 3 is 2.54 bits per heavy atom. The third-order valence-electron chi connectivity index (χ3n) is 5.22. The molecule has 1 fully saturated rings. The molecule has 0 spiro atoms. The van der Waals surface area contributed by atoms with Crippen molar-refractivity contribution < 1.29 is 19.1 Å². The number of hydrogen-bond donors (Lipinski definition) is 2. The molecule has 26 heavy (non-hydrogen) atoms. The second-order valence-corrected chi connectivity index (χ2v) is 7.26. The summed E-state index contributed by atoms with van der Waals surface area (Å²) in [6.07, 6.45) is 5.76. The minimum Gasteiger partial charge on any atom is -0.479 e. The highest BCUT2D eigenvalue weighted by Crippen LogP contribution is 2.43. The number of carboxylic acids is 1. The van der Waals surface area contributed by atoms with Gasteiger partial charge in [0.25, 0.3) is 0 Å². The fraction of sp³-hybridized carbons (Fsp3) is 0.421. The average Bonchev–Trinajstić information content (AvgIpc) is 3.25. The van der Waals surface area contributed by atoms with E-state index in [2.05, 4.69) is 10.4 Å². The molecule has 0 radical (unpaired) electrons. The molecule has 1 aromatic heterocycles. The monoisotopic (exact) mass is 359 g/mol. The van der Waals surface area contributed by atoms with Gasteiger partial charge in [-0.25, -0.2) is 9.18 Å². The van der Waals surface area contributed by atoms with Crippen molar-refractivity contribution in [2.75, 3.05) is 5.32 Å². The summed E-state index contributed by atoms with van der Waals surface area (Å²) < 4.78 is 15.7. The van der Waals surface area contributed by atoms with Gasteiger partial charge in [0, 0.05) is 11.8 Å². The molecule has 0 aliphatic heterocycles. The summed E-state index contributed by atoms with van der Waals surface area (Å²) in [6, 6.07) is 6.38. The van der Waals surface area contributed by atoms with Crippen LogP contribution in [0.1, 0.15) is 45.1 Å². The van der Waals surface area contributed by atoms with E-state index in [9.17, 15) is 19.1 Å². The van der Waals surface area contributed by atoms with E-state index in [1.807, 2.05) is 0 Å². The van der Waals surface area contributed by atoms with Crippen LogP contribution in [0, 0.1) is 5.82 Å². The van der Waals surface area contributed by atoms with Crippen LogP contribution in [0.15, 0.2) is 36.7 Å². The fourth-order valence-corrected chi connectivity index (χ4v) is 3.49. The first kappa shape index (κ1) is 18.1. The molecule has 2 aromatic rings. The van der Waals surface area contributed by atoms with E-state index in [4.69, 9.17) is 0 Å². The minimum atomic E-state index is -1.24. The summed E-state index contributed by atoms with van der Waals surface area (Å²) >= 11 is 0. The Morgan fingerprint density at radius 2 is 1.92 bits per heavy atom. The normalized spacial score (nSPS) is 16.4. The number of carbonyl (C=O) groups excluding carboxylic acids is 1. The van der Waals surface area contributed by atoms with Gasteiger partial charge in [-0.05, 0) is 32.8 Å². The lowest BCUT2D eigenvalue weighted by Crippen LogP contribution is -2.38. The molecule has 0 atom stereocenters. The van der Waals surface area contributed by atoms with Crippen molar-refractivity contribution >= 4 is 17.6 Å². The van der Waals surface area contributed by atoms with Gasteiger partial charge in [-0.1, -0.05) is 31.0 Å². The largest absolute Gasteiger partial charge is 0.479 e. The summed E-state index contributed by atoms with van der Waals surface area (Å²) in [4.78, 5) is 24.4. The Morgan fingerprint density at radius 1 is 1.27 bits per heavy atom. The van der Waals surface area contributed by atoms with Crippen LogP contribution < -0.4 is 5.32 Å². The summed E-state index contributed by atoms with van der Waals surface area (Å²) in [5, 5.41) is 16.1. The Kier molecular flexibility index (Phi) is 4.56. The van der Waals surface area contributed by atoms with Crippen molar-refractivity contribution in [2.45, 2.75) is 50.5 Å². The number of amides is 1. The number of aliphatic carboxylic acids is 1. The smallest absolute Gasteiger partial charge is 0.331 e. The molecule has 1 amide bonds. The molecule has 2 N–H and O–H groups in total. The number of carboxylic acid groups (broad SMARTS) is 1. The summed E-state index contributed by atoms with van der Waals surface area (Å²) in [5.41, 5.74) is -1.34. The van der Waals surface area contributed by atoms with Crippen LogP contribution in [0.4, 0.5) is 10.1 Å². The highest BCUT2D eigenvalue weighted by atomic mass is 19.1. The zero-order valence-corrected chi connectivity index (χ0v) is 14.8. The molecule has 3 rings (SSSR count). The zero-order valence-electron chi connectivity index (χ0n) is 14.8. The van der Waals surface area contributed by atoms with Crippen molar-refractivity contribution in [3.05, 3.63) is 48.0 Å². The first-order valence-electron chi connectivity index (χ1n) is 8.62. The first-order chi connectivity index (χ1) is 12.3. The summed E-state index contributed by atoms with van der Waals surface area (Å²) in [5.74, 6) is -1.70. The molecule has 1 heterocycles. The van der Waals surface area contributed by atoms with Crippen LogP contribution >= 0.6 is 0 Å². The van der Waals surface area contributed by atoms with Crippen LogP contribution in [0.2, 0.25) is 0 Å². The number of aromatic nitrogens is 2. The number of rotatable bonds is 5. The highest BCUT2D eigenvalue weighted by Gasteiger charge is 2.44. The quantitative estimate of drug-likeness (QED) is 0.858. The Balaban J connectivity index is 1.88. The van der Waals surface area contributed by atoms with Gasteiger partial charge in [0.05, 0.1) is 17.3 Å². The summed E-state index contributed by atoms with van der Waals surface area (Å²) in [6.45, 7) is 3.04. The van der Waals surface area contributed by atoms with Gasteiger partial charge in [-0.15, -0.1) is 0 Å². The van der Waals surface area contributed by atoms with Gasteiger partial charge in [0.15, 0.2) is 5.54 Å². The Labute approximate surface area is 151 Å². The molecule has 1 aliphatic carbocycles. The van der Waals surface area contributed by atoms with Crippen molar-refractivity contribution in [3.8, 4) is 0 Å². The molecule has 1 aromatic carbocycles. The number of nitrogens with one attached hydrogen (secondary N) is 1. The number of carbonyl (C=O) groups is 2. The van der Waals surface area contributed by atoms with Crippen LogP contribution in [0.5, 0.6) is 0 Å². The number of benzene rings is 1. The van der Waals surface area contributed by atoms with E-state index in [1.54, 1.807) is 18.2 Å². The van der Waals surface area contributed by atoms with E-state index in [0.717, 1.165) is 12.8 Å². The Hall–Kier alpha value is -2.70. The maximum Gasteiger partial charge on any atom is 0.331 e. The van der Waals surface area contributed by atoms with Gasteiger partial charge < -0.3 is 10.4 Å². The lowest BCUT2D eigenvalue weighted by Gasteiger charge is -2.28. The van der Waals surface area contributed by atoms with Crippen molar-refractivity contribution in [1.82, 2.24) is 9.78 Å². The van der Waals surface area contributed by atoms with Crippen molar-refractivity contribution in [1.29, 1.82) is 0 Å². The predicted octanol–water partition coefficient (Wildman–Crippen LogP) is 3.29. The van der Waals surface area contributed by atoms with E-state index in [1.165, 1.54) is 37.0 Å². The number of nitrogens with zero attached hydrogens (tertiary/aromatic N) is 2. The molecule has 138 valence electrons. The number of anilines is 1. The highest BCUT2D eigenvalue weighted by molar-refractivity contribution is 5.99. The average molecular weight is 359 g/mol. The minimum absolute atomic E-state index is 0.284. The third kappa shape index (κ3) is 2.98. The van der Waals surface area contributed by atoms with E-state index in [-0.39, 0.29) is 11.7 Å². The van der Waals surface area contributed by atoms with Gasteiger partial charge >= 0.3 is 5.97 Å². The lowest BCUT2D eigenvalue weighted by atomic mass is 9.77. The van der Waals surface area contributed by atoms with Gasteiger partial charge in [-0.3, -0.25) is 9.48 Å². The fourth-order valence-electron chi connectivity index (χ4n) is 3.49. The SMILES string of the molecule is CC(C)(C(=O)O)n1cc(NC(=O)C2(c3ccccc3F)CCCC2)cn1. The standard InChI is InChI=1S/C19H22FN3O3/c1-18(2,17(25)26)23-12-13(11-21-23)22-16(24)19(9-5-6-10-19)14-7-3-4-8-15(14)20/h3-4,7-8,11-12H,5-6,9-10H2,1-2H3,(H,22,24)(H,25,26). The second kappa shape index (κ2) is 6.55.